The van der Waals surface area contributed by atoms with Gasteiger partial charge in [-0.05, 0) is 46.0 Å². The van der Waals surface area contributed by atoms with E-state index in [2.05, 4.69) is 41.3 Å². The Bertz CT molecular complexity index is 974. The molecule has 0 aromatic carbocycles. The van der Waals surface area contributed by atoms with Gasteiger partial charge in [0.1, 0.15) is 11.9 Å². The molecule has 1 amide bonds. The number of carbonyl (C=O) groups excluding carboxylic acids is 1. The maximum atomic E-state index is 13.4. The van der Waals surface area contributed by atoms with Crippen LogP contribution in [-0.4, -0.2) is 75.2 Å². The van der Waals surface area contributed by atoms with E-state index in [0.29, 0.717) is 6.04 Å². The number of fused-ring (bicyclic) bond motifs is 1. The first-order valence-corrected chi connectivity index (χ1v) is 11.6. The number of nitrogens with zero attached hydrogens (tertiary/aromatic N) is 6. The Balaban J connectivity index is 1.43. The number of aryl methyl sites for hydroxylation is 1. The lowest BCUT2D eigenvalue weighted by atomic mass is 9.97. The molecule has 5 heterocycles. The highest BCUT2D eigenvalue weighted by Crippen LogP contribution is 2.33. The number of anilines is 1. The van der Waals surface area contributed by atoms with Crippen LogP contribution in [0.5, 0.6) is 0 Å². The Morgan fingerprint density at radius 1 is 1.26 bits per heavy atom. The topological polar surface area (TPSA) is 95.0 Å². The van der Waals surface area contributed by atoms with Gasteiger partial charge in [0.05, 0.1) is 11.7 Å². The third-order valence-electron chi connectivity index (χ3n) is 7.03. The number of piperidine rings is 1. The fourth-order valence-corrected chi connectivity index (χ4v) is 5.43. The van der Waals surface area contributed by atoms with Crippen molar-refractivity contribution in [2.45, 2.75) is 70.1 Å². The molecule has 4 atom stereocenters. The highest BCUT2D eigenvalue weighted by Gasteiger charge is 2.39. The predicted molar refractivity (Wildman–Crippen MR) is 120 cm³/mol. The van der Waals surface area contributed by atoms with Crippen LogP contribution in [0.3, 0.4) is 0 Å². The fraction of sp³-hybridized carbons (Fsp3) is 0.682. The maximum Gasteiger partial charge on any atom is 0.241 e. The molecular weight excluding hydrogens is 392 g/mol. The van der Waals surface area contributed by atoms with Crippen LogP contribution < -0.4 is 16.1 Å². The zero-order valence-corrected chi connectivity index (χ0v) is 18.8. The summed E-state index contributed by atoms with van der Waals surface area (Å²) in [7, 11) is 1.97. The van der Waals surface area contributed by atoms with Gasteiger partial charge in [-0.25, -0.2) is 14.5 Å². The molecule has 9 nitrogen and oxygen atoms in total. The van der Waals surface area contributed by atoms with E-state index in [1.54, 1.807) is 0 Å². The zero-order valence-electron chi connectivity index (χ0n) is 18.8. The van der Waals surface area contributed by atoms with Crippen molar-refractivity contribution < 1.29 is 4.79 Å². The third-order valence-corrected chi connectivity index (χ3v) is 7.03. The van der Waals surface area contributed by atoms with Crippen LogP contribution >= 0.6 is 0 Å². The second-order valence-electron chi connectivity index (χ2n) is 9.55. The molecule has 0 saturated carbocycles. The van der Waals surface area contributed by atoms with E-state index < -0.39 is 0 Å². The van der Waals surface area contributed by atoms with Gasteiger partial charge in [-0.1, -0.05) is 0 Å². The number of amides is 1. The van der Waals surface area contributed by atoms with Crippen LogP contribution in [0.4, 0.5) is 5.82 Å². The van der Waals surface area contributed by atoms with Gasteiger partial charge in [-0.3, -0.25) is 10.2 Å². The molecule has 0 aliphatic carbocycles. The lowest BCUT2D eigenvalue weighted by Crippen LogP contribution is -2.49. The Morgan fingerprint density at radius 2 is 2.10 bits per heavy atom. The summed E-state index contributed by atoms with van der Waals surface area (Å²) in [6.45, 7) is 6.78. The van der Waals surface area contributed by atoms with Gasteiger partial charge in [0, 0.05) is 56.6 Å². The maximum absolute atomic E-state index is 13.4. The lowest BCUT2D eigenvalue weighted by Gasteiger charge is -2.37. The van der Waals surface area contributed by atoms with E-state index in [-0.39, 0.29) is 24.0 Å². The molecule has 2 aromatic heterocycles. The van der Waals surface area contributed by atoms with E-state index in [4.69, 9.17) is 15.8 Å². The number of hydrazine groups is 1. The summed E-state index contributed by atoms with van der Waals surface area (Å²) in [4.78, 5) is 22.7. The SMILES string of the molecule is Cc1cn2nc([C@@H]3CCCCN3C(=O)C3CC(C)NN3C)cc2nc1N1CC[C@H](N)C1. The normalized spacial score (nSPS) is 29.9. The van der Waals surface area contributed by atoms with Gasteiger partial charge in [0.25, 0.3) is 0 Å². The first-order chi connectivity index (χ1) is 14.9. The monoisotopic (exact) mass is 426 g/mol. The lowest BCUT2D eigenvalue weighted by molar-refractivity contribution is -0.140. The molecular formula is C22H34N8O. The minimum atomic E-state index is -0.112. The largest absolute Gasteiger partial charge is 0.355 e. The number of likely N-dealkylation sites (tertiary alicyclic amines) is 1. The molecule has 3 saturated heterocycles. The van der Waals surface area contributed by atoms with Crippen LogP contribution in [0.25, 0.3) is 5.65 Å². The van der Waals surface area contributed by atoms with Crippen LogP contribution in [0.1, 0.15) is 56.3 Å². The van der Waals surface area contributed by atoms with Crippen molar-refractivity contribution in [3.63, 3.8) is 0 Å². The molecule has 0 spiro atoms. The number of carbonyl (C=O) groups is 1. The summed E-state index contributed by atoms with van der Waals surface area (Å²) >= 11 is 0. The molecule has 2 aromatic rings. The summed E-state index contributed by atoms with van der Waals surface area (Å²) in [5.41, 5.74) is 12.3. The summed E-state index contributed by atoms with van der Waals surface area (Å²) < 4.78 is 1.87. The molecule has 3 N–H and O–H groups in total. The Kier molecular flexibility index (Phi) is 5.35. The minimum Gasteiger partial charge on any atom is -0.355 e. The van der Waals surface area contributed by atoms with Crippen molar-refractivity contribution in [3.8, 4) is 0 Å². The fourth-order valence-electron chi connectivity index (χ4n) is 5.43. The van der Waals surface area contributed by atoms with Crippen molar-refractivity contribution in [1.29, 1.82) is 0 Å². The second-order valence-corrected chi connectivity index (χ2v) is 9.55. The summed E-state index contributed by atoms with van der Waals surface area (Å²) in [6, 6.07) is 2.50. The predicted octanol–water partition coefficient (Wildman–Crippen LogP) is 1.23. The quantitative estimate of drug-likeness (QED) is 0.762. The van der Waals surface area contributed by atoms with E-state index in [1.807, 2.05) is 16.6 Å². The highest BCUT2D eigenvalue weighted by molar-refractivity contribution is 5.82. The van der Waals surface area contributed by atoms with Crippen molar-refractivity contribution in [2.75, 3.05) is 31.6 Å². The Labute approximate surface area is 183 Å². The smallest absolute Gasteiger partial charge is 0.241 e. The second kappa shape index (κ2) is 8.03. The molecule has 9 heteroatoms. The minimum absolute atomic E-state index is 0.0104. The van der Waals surface area contributed by atoms with E-state index in [0.717, 1.165) is 74.5 Å². The number of aromatic nitrogens is 3. The van der Waals surface area contributed by atoms with E-state index in [1.165, 1.54) is 0 Å². The van der Waals surface area contributed by atoms with E-state index >= 15 is 0 Å². The number of hydrogen-bond acceptors (Lipinski definition) is 7. The Hall–Kier alpha value is -2.23. The van der Waals surface area contributed by atoms with Gasteiger partial charge in [-0.15, -0.1) is 0 Å². The van der Waals surface area contributed by atoms with Crippen molar-refractivity contribution in [1.82, 2.24) is 29.9 Å². The van der Waals surface area contributed by atoms with Gasteiger partial charge >= 0.3 is 0 Å². The zero-order chi connectivity index (χ0) is 21.7. The summed E-state index contributed by atoms with van der Waals surface area (Å²) in [6.07, 6.45) is 7.00. The molecule has 2 unspecified atom stereocenters. The van der Waals surface area contributed by atoms with Gasteiger partial charge in [0.2, 0.25) is 5.91 Å². The number of nitrogens with two attached hydrogens (primary N) is 1. The van der Waals surface area contributed by atoms with Crippen LogP contribution in [0.15, 0.2) is 12.3 Å². The molecule has 3 aliphatic heterocycles. The van der Waals surface area contributed by atoms with Crippen molar-refractivity contribution in [2.24, 2.45) is 5.73 Å². The number of hydrogen-bond donors (Lipinski definition) is 2. The highest BCUT2D eigenvalue weighted by atomic mass is 16.2. The molecule has 5 rings (SSSR count). The first kappa shape index (κ1) is 20.7. The first-order valence-electron chi connectivity index (χ1n) is 11.6. The van der Waals surface area contributed by atoms with E-state index in [9.17, 15) is 4.79 Å². The molecule has 3 aliphatic rings. The van der Waals surface area contributed by atoms with Crippen LogP contribution in [0, 0.1) is 6.92 Å². The third kappa shape index (κ3) is 3.79. The number of rotatable bonds is 3. The van der Waals surface area contributed by atoms with Gasteiger partial charge in [-0.2, -0.15) is 5.10 Å². The summed E-state index contributed by atoms with van der Waals surface area (Å²) in [5, 5.41) is 6.83. The van der Waals surface area contributed by atoms with Gasteiger partial charge in [0.15, 0.2) is 5.65 Å². The van der Waals surface area contributed by atoms with Crippen molar-refractivity contribution in [3.05, 3.63) is 23.5 Å². The summed E-state index contributed by atoms with van der Waals surface area (Å²) in [5.74, 6) is 1.20. The molecule has 168 valence electrons. The van der Waals surface area contributed by atoms with Crippen LogP contribution in [0.2, 0.25) is 0 Å². The number of likely N-dealkylation sites (N-methyl/N-ethyl adjacent to an activating group) is 1. The van der Waals surface area contributed by atoms with Crippen molar-refractivity contribution >= 4 is 17.4 Å². The standard InChI is InChI=1S/C22H34N8O/c1-14-12-30-20(24-21(14)28-9-7-16(23)13-28)11-17(26-30)18-6-4-5-8-29(18)22(31)19-10-15(2)25-27(19)3/h11-12,15-16,18-19,25H,4-10,13,23H2,1-3H3/t15?,16-,18-,19?/m0/s1. The van der Waals surface area contributed by atoms with Crippen LogP contribution in [-0.2, 0) is 4.79 Å². The molecule has 3 fully saturated rings. The van der Waals surface area contributed by atoms with Gasteiger partial charge < -0.3 is 15.5 Å². The molecule has 31 heavy (non-hydrogen) atoms. The average Bonchev–Trinajstić information content (AvgIpc) is 3.44. The Morgan fingerprint density at radius 3 is 2.81 bits per heavy atom. The molecule has 0 bridgehead atoms. The number of nitrogens with one attached hydrogen (secondary N) is 1. The average molecular weight is 427 g/mol. The molecule has 0 radical (unpaired) electrons.